The minimum atomic E-state index is 0. The molecule has 0 N–H and O–H groups in total. The van der Waals surface area contributed by atoms with E-state index in [-0.39, 0.29) is 94.2 Å². The Labute approximate surface area is 103 Å². The van der Waals surface area contributed by atoms with Crippen molar-refractivity contribution in [2.75, 3.05) is 0 Å². The van der Waals surface area contributed by atoms with E-state index in [0.29, 0.717) is 0 Å². The summed E-state index contributed by atoms with van der Waals surface area (Å²) in [6.07, 6.45) is 0. The molecule has 5 heavy (non-hydrogen) atoms. The van der Waals surface area contributed by atoms with E-state index < -0.39 is 0 Å². The van der Waals surface area contributed by atoms with Crippen molar-refractivity contribution in [2.24, 2.45) is 0 Å². The van der Waals surface area contributed by atoms with Gasteiger partial charge >= 0.3 is 51.4 Å². The van der Waals surface area contributed by atoms with Crippen molar-refractivity contribution in [1.82, 2.24) is 0 Å². The molecule has 0 amide bonds. The average Bonchev–Trinajstić information content (AvgIpc) is 1.00. The van der Waals surface area contributed by atoms with Gasteiger partial charge < -0.3 is 11.8 Å². The molecule has 0 spiro atoms. The van der Waals surface area contributed by atoms with E-state index in [0.717, 1.165) is 0 Å². The van der Waals surface area contributed by atoms with Crippen molar-refractivity contribution in [3.8, 4) is 0 Å². The van der Waals surface area contributed by atoms with Crippen LogP contribution in [0.3, 0.4) is 0 Å². The van der Waals surface area contributed by atoms with Crippen molar-refractivity contribution < 1.29 is 94.2 Å². The van der Waals surface area contributed by atoms with Crippen molar-refractivity contribution in [1.29, 1.82) is 5.26 Å². The Balaban J connectivity index is -0.00000000167. The molecule has 0 rings (SSSR count). The molecule has 0 aromatic rings. The zero-order chi connectivity index (χ0) is 2.00. The minimum absolute atomic E-state index is 0. The van der Waals surface area contributed by atoms with Gasteiger partial charge in [-0.2, -0.15) is 0 Å². The first-order chi connectivity index (χ1) is 1.00. The summed E-state index contributed by atoms with van der Waals surface area (Å²) in [5.41, 5.74) is 0. The number of hydrogen-bond acceptors (Lipinski definition) is 1. The standard InChI is InChI=1S/CN.Ag.K.Pd/c1-2;;;/q-1;;+1;. The topological polar surface area (TPSA) is 23.8 Å². The van der Waals surface area contributed by atoms with Gasteiger partial charge in [-0.15, -0.1) is 0 Å². The van der Waals surface area contributed by atoms with Crippen molar-refractivity contribution >= 4 is 0 Å². The normalized spacial score (nSPS) is 0.400. The Morgan fingerprint density at radius 1 is 1.20 bits per heavy atom. The maximum atomic E-state index is 6.25. The molecule has 0 saturated heterocycles. The van der Waals surface area contributed by atoms with Crippen LogP contribution in [0, 0.1) is 11.8 Å². The van der Waals surface area contributed by atoms with E-state index in [2.05, 4.69) is 0 Å². The van der Waals surface area contributed by atoms with Crippen molar-refractivity contribution in [2.45, 2.75) is 0 Å². The number of rotatable bonds is 0. The Morgan fingerprint density at radius 2 is 1.20 bits per heavy atom. The Hall–Kier alpha value is 2.53. The molecule has 1 nitrogen and oxygen atoms in total. The first-order valence-electron chi connectivity index (χ1n) is 0.224. The largest absolute Gasteiger partial charge is 1.00 e. The zero-order valence-electron chi connectivity index (χ0n) is 2.56. The van der Waals surface area contributed by atoms with Gasteiger partial charge in [0.15, 0.2) is 0 Å². The predicted molar refractivity (Wildman–Crippen MR) is 4.97 cm³/mol. The second-order valence-electron chi connectivity index (χ2n) is 0. The maximum absolute atomic E-state index is 6.25. The molecular weight excluding hydrogens is 279 g/mol. The summed E-state index contributed by atoms with van der Waals surface area (Å²) < 4.78 is 0. The van der Waals surface area contributed by atoms with E-state index in [1.54, 1.807) is 0 Å². The van der Waals surface area contributed by atoms with Crippen LogP contribution < -0.4 is 51.4 Å². The third-order valence-corrected chi connectivity index (χ3v) is 0. The molecule has 0 aromatic carbocycles. The van der Waals surface area contributed by atoms with Crippen molar-refractivity contribution in [3.05, 3.63) is 6.57 Å². The van der Waals surface area contributed by atoms with Crippen LogP contribution in [-0.2, 0) is 42.8 Å². The van der Waals surface area contributed by atoms with Gasteiger partial charge in [-0.05, 0) is 0 Å². The van der Waals surface area contributed by atoms with Gasteiger partial charge in [-0.3, -0.25) is 0 Å². The van der Waals surface area contributed by atoms with Gasteiger partial charge in [0.1, 0.15) is 0 Å². The Bertz CT molecular complexity index is 16.4. The minimum Gasteiger partial charge on any atom is -0.512 e. The second kappa shape index (κ2) is 31.2. The van der Waals surface area contributed by atoms with Gasteiger partial charge in [0.05, 0.1) is 0 Å². The maximum Gasteiger partial charge on any atom is 1.00 e. The van der Waals surface area contributed by atoms with Crippen LogP contribution in [0.15, 0.2) is 0 Å². The van der Waals surface area contributed by atoms with E-state index in [1.807, 2.05) is 0 Å². The fraction of sp³-hybridized carbons (Fsp3) is 0. The molecule has 31 valence electrons. The summed E-state index contributed by atoms with van der Waals surface area (Å²) in [5, 5.41) is 6.25. The summed E-state index contributed by atoms with van der Waals surface area (Å²) in [5.74, 6) is 0. The van der Waals surface area contributed by atoms with Crippen LogP contribution in [0.2, 0.25) is 0 Å². The molecule has 4 heteroatoms. The second-order valence-corrected chi connectivity index (χ2v) is 0. The summed E-state index contributed by atoms with van der Waals surface area (Å²) in [6.45, 7) is 4.75. The molecule has 1 radical (unpaired) electrons. The number of nitrogens with zero attached hydrogens (tertiary/aromatic N) is 1. The van der Waals surface area contributed by atoms with Crippen LogP contribution in [0.5, 0.6) is 0 Å². The van der Waals surface area contributed by atoms with E-state index in [1.165, 1.54) is 0 Å². The summed E-state index contributed by atoms with van der Waals surface area (Å²) >= 11 is 0. The molecule has 0 fully saturated rings. The molecule has 0 saturated carbocycles. The third kappa shape index (κ3) is 20.9. The van der Waals surface area contributed by atoms with Crippen LogP contribution in [0.25, 0.3) is 0 Å². The molecule has 0 aliphatic heterocycles. The fourth-order valence-corrected chi connectivity index (χ4v) is 0. The number of hydrogen-bond donors (Lipinski definition) is 0. The molecule has 0 unspecified atom stereocenters. The van der Waals surface area contributed by atoms with Gasteiger partial charge in [-0.1, -0.05) is 0 Å². The van der Waals surface area contributed by atoms with E-state index >= 15 is 0 Å². The zero-order valence-corrected chi connectivity index (χ0v) is 8.72. The molecule has 0 heterocycles. The van der Waals surface area contributed by atoms with Crippen LogP contribution in [0.1, 0.15) is 0 Å². The van der Waals surface area contributed by atoms with Gasteiger partial charge in [0.2, 0.25) is 0 Å². The smallest absolute Gasteiger partial charge is 0.512 e. The fourth-order valence-electron chi connectivity index (χ4n) is 0. The van der Waals surface area contributed by atoms with E-state index in [4.69, 9.17) is 11.8 Å². The monoisotopic (exact) mass is 278 g/mol. The average molecular weight is 279 g/mol. The first-order valence-corrected chi connectivity index (χ1v) is 0.224. The Morgan fingerprint density at radius 3 is 1.20 bits per heavy atom. The molecule has 0 atom stereocenters. The Kier molecular flexibility index (Phi) is 161. The molecular formula is CAgKNPd. The molecule has 0 bridgehead atoms. The summed E-state index contributed by atoms with van der Waals surface area (Å²) in [7, 11) is 0. The van der Waals surface area contributed by atoms with Gasteiger partial charge in [0.25, 0.3) is 0 Å². The van der Waals surface area contributed by atoms with E-state index in [9.17, 15) is 0 Å². The predicted octanol–water partition coefficient (Wildman–Crippen LogP) is -2.90. The van der Waals surface area contributed by atoms with Crippen LogP contribution >= 0.6 is 0 Å². The third-order valence-electron chi connectivity index (χ3n) is 0. The van der Waals surface area contributed by atoms with Crippen molar-refractivity contribution in [3.63, 3.8) is 0 Å². The SMILES string of the molecule is [Ag].[C-]#N.[K+].[Pd]. The quantitative estimate of drug-likeness (QED) is 0.345. The summed E-state index contributed by atoms with van der Waals surface area (Å²) in [4.78, 5) is 0. The van der Waals surface area contributed by atoms with Crippen LogP contribution in [-0.4, -0.2) is 0 Å². The van der Waals surface area contributed by atoms with Gasteiger partial charge in [0, 0.05) is 42.8 Å². The summed E-state index contributed by atoms with van der Waals surface area (Å²) in [6, 6.07) is 0. The molecule has 0 aliphatic rings. The van der Waals surface area contributed by atoms with Crippen LogP contribution in [0.4, 0.5) is 0 Å². The first kappa shape index (κ1) is 25.8. The molecule has 0 aromatic heterocycles. The van der Waals surface area contributed by atoms with Gasteiger partial charge in [-0.25, -0.2) is 0 Å². The molecule has 0 aliphatic carbocycles.